The van der Waals surface area contributed by atoms with Crippen LogP contribution in [0.5, 0.6) is 0 Å². The molecule has 7 nitrogen and oxygen atoms in total. The molecule has 3 rings (SSSR count). The minimum Gasteiger partial charge on any atom is -0.462 e. The van der Waals surface area contributed by atoms with Crippen LogP contribution < -0.4 is 5.32 Å². The number of esters is 1. The van der Waals surface area contributed by atoms with Crippen LogP contribution >= 0.6 is 0 Å². The van der Waals surface area contributed by atoms with Crippen LogP contribution in [0.15, 0.2) is 30.3 Å². The zero-order chi connectivity index (χ0) is 22.4. The summed E-state index contributed by atoms with van der Waals surface area (Å²) in [5, 5.41) is 3.01. The maximum Gasteiger partial charge on any atom is 0.340 e. The van der Waals surface area contributed by atoms with E-state index < -0.39 is 5.97 Å². The minimum absolute atomic E-state index is 0.0139. The second kappa shape index (κ2) is 10.3. The maximum atomic E-state index is 13.1. The maximum absolute atomic E-state index is 13.1. The number of hydrogen-bond acceptors (Lipinski definition) is 4. The molecule has 0 bridgehead atoms. The fourth-order valence-electron chi connectivity index (χ4n) is 4.13. The number of nitrogens with one attached hydrogen (secondary N) is 2. The molecule has 2 N–H and O–H groups in total. The Kier molecular flexibility index (Phi) is 7.50. The highest BCUT2D eigenvalue weighted by molar-refractivity contribution is 6.00. The number of ether oxygens (including phenoxy) is 1. The van der Waals surface area contributed by atoms with Crippen molar-refractivity contribution in [3.63, 3.8) is 0 Å². The SMILES string of the molecule is CCOC(=O)c1c(C)[nH]c(C(=O)N2CCC[C@H](C(=O)NCCc3ccccc3)C2)c1C. The third-order valence-corrected chi connectivity index (χ3v) is 5.77. The third-order valence-electron chi connectivity index (χ3n) is 5.77. The molecule has 1 fully saturated rings. The number of hydrogen-bond donors (Lipinski definition) is 2. The molecule has 1 atom stereocenters. The Morgan fingerprint density at radius 3 is 2.65 bits per heavy atom. The summed E-state index contributed by atoms with van der Waals surface area (Å²) in [5.74, 6) is -0.852. The van der Waals surface area contributed by atoms with Gasteiger partial charge in [0.05, 0.1) is 18.1 Å². The number of H-pyrrole nitrogens is 1. The molecule has 31 heavy (non-hydrogen) atoms. The van der Waals surface area contributed by atoms with Crippen molar-refractivity contribution in [2.24, 2.45) is 5.92 Å². The summed E-state index contributed by atoms with van der Waals surface area (Å²) in [6.45, 7) is 7.08. The second-order valence-corrected chi connectivity index (χ2v) is 7.96. The monoisotopic (exact) mass is 425 g/mol. The lowest BCUT2D eigenvalue weighted by Gasteiger charge is -2.32. The number of aromatic nitrogens is 1. The van der Waals surface area contributed by atoms with E-state index in [-0.39, 0.29) is 24.3 Å². The van der Waals surface area contributed by atoms with Gasteiger partial charge >= 0.3 is 5.97 Å². The van der Waals surface area contributed by atoms with E-state index in [0.717, 1.165) is 19.3 Å². The van der Waals surface area contributed by atoms with Gasteiger partial charge in [-0.2, -0.15) is 0 Å². The van der Waals surface area contributed by atoms with Crippen LogP contribution in [-0.4, -0.2) is 53.9 Å². The number of rotatable bonds is 7. The first-order chi connectivity index (χ1) is 14.9. The lowest BCUT2D eigenvalue weighted by atomic mass is 9.96. The van der Waals surface area contributed by atoms with E-state index in [0.29, 0.717) is 42.1 Å². The molecule has 2 aromatic rings. The van der Waals surface area contributed by atoms with E-state index in [2.05, 4.69) is 10.3 Å². The fourth-order valence-corrected chi connectivity index (χ4v) is 4.13. The molecule has 0 saturated carbocycles. The van der Waals surface area contributed by atoms with Crippen LogP contribution in [0.1, 0.15) is 57.4 Å². The average Bonchev–Trinajstić information content (AvgIpc) is 3.08. The first kappa shape index (κ1) is 22.6. The number of nitrogens with zero attached hydrogens (tertiary/aromatic N) is 1. The molecule has 7 heteroatoms. The van der Waals surface area contributed by atoms with Gasteiger partial charge in [-0.15, -0.1) is 0 Å². The highest BCUT2D eigenvalue weighted by atomic mass is 16.5. The zero-order valence-corrected chi connectivity index (χ0v) is 18.5. The number of carbonyl (C=O) groups excluding carboxylic acids is 3. The van der Waals surface area contributed by atoms with Crippen LogP contribution in [0, 0.1) is 19.8 Å². The van der Waals surface area contributed by atoms with Gasteiger partial charge in [-0.25, -0.2) is 4.79 Å². The number of aromatic amines is 1. The first-order valence-corrected chi connectivity index (χ1v) is 10.9. The number of benzene rings is 1. The topological polar surface area (TPSA) is 91.5 Å². The molecule has 0 spiro atoms. The average molecular weight is 426 g/mol. The molecule has 0 unspecified atom stereocenters. The number of piperidine rings is 1. The van der Waals surface area contributed by atoms with Gasteiger partial charge in [0.15, 0.2) is 0 Å². The quantitative estimate of drug-likeness (QED) is 0.667. The largest absolute Gasteiger partial charge is 0.462 e. The summed E-state index contributed by atoms with van der Waals surface area (Å²) in [6.07, 6.45) is 2.31. The van der Waals surface area contributed by atoms with Crippen molar-refractivity contribution in [3.8, 4) is 0 Å². The number of aryl methyl sites for hydroxylation is 1. The standard InChI is InChI=1S/C24H31N3O4/c1-4-31-24(30)20-16(2)21(26-17(20)3)23(29)27-14-8-11-19(15-27)22(28)25-13-12-18-9-6-5-7-10-18/h5-7,9-10,19,26H,4,8,11-15H2,1-3H3,(H,25,28)/t19-/m0/s1. The first-order valence-electron chi connectivity index (χ1n) is 10.9. The summed E-state index contributed by atoms with van der Waals surface area (Å²) in [5.41, 5.74) is 3.20. The summed E-state index contributed by atoms with van der Waals surface area (Å²) >= 11 is 0. The molecule has 1 aliphatic heterocycles. The summed E-state index contributed by atoms with van der Waals surface area (Å²) in [4.78, 5) is 42.8. The number of amides is 2. The van der Waals surface area contributed by atoms with Crippen LogP contribution in [0.3, 0.4) is 0 Å². The van der Waals surface area contributed by atoms with Crippen molar-refractivity contribution >= 4 is 17.8 Å². The lowest BCUT2D eigenvalue weighted by Crippen LogP contribution is -2.46. The van der Waals surface area contributed by atoms with E-state index in [9.17, 15) is 14.4 Å². The molecule has 1 aromatic heterocycles. The van der Waals surface area contributed by atoms with Gasteiger partial charge in [-0.05, 0) is 51.2 Å². The lowest BCUT2D eigenvalue weighted by molar-refractivity contribution is -0.126. The Morgan fingerprint density at radius 1 is 1.19 bits per heavy atom. The van der Waals surface area contributed by atoms with Gasteiger partial charge in [-0.1, -0.05) is 30.3 Å². The molecule has 0 aliphatic carbocycles. The molecule has 166 valence electrons. The smallest absolute Gasteiger partial charge is 0.340 e. The van der Waals surface area contributed by atoms with Crippen molar-refractivity contribution in [3.05, 3.63) is 58.4 Å². The third kappa shape index (κ3) is 5.34. The Hall–Kier alpha value is -3.09. The summed E-state index contributed by atoms with van der Waals surface area (Å²) < 4.78 is 5.11. The van der Waals surface area contributed by atoms with Gasteiger partial charge < -0.3 is 19.9 Å². The van der Waals surface area contributed by atoms with Crippen LogP contribution in [0.4, 0.5) is 0 Å². The number of likely N-dealkylation sites (tertiary alicyclic amines) is 1. The van der Waals surface area contributed by atoms with Gasteiger partial charge in [0, 0.05) is 25.3 Å². The molecule has 1 aliphatic rings. The minimum atomic E-state index is -0.429. The molecule has 2 heterocycles. The predicted molar refractivity (Wildman–Crippen MR) is 118 cm³/mol. The Bertz CT molecular complexity index is 936. The van der Waals surface area contributed by atoms with E-state index in [1.807, 2.05) is 30.3 Å². The summed E-state index contributed by atoms with van der Waals surface area (Å²) in [7, 11) is 0. The Balaban J connectivity index is 1.61. The zero-order valence-electron chi connectivity index (χ0n) is 18.5. The molecule has 2 amide bonds. The van der Waals surface area contributed by atoms with Crippen molar-refractivity contribution in [2.75, 3.05) is 26.2 Å². The molecule has 1 aromatic carbocycles. The summed E-state index contributed by atoms with van der Waals surface area (Å²) in [6, 6.07) is 10.0. The second-order valence-electron chi connectivity index (χ2n) is 7.96. The van der Waals surface area contributed by atoms with E-state index in [4.69, 9.17) is 4.74 Å². The van der Waals surface area contributed by atoms with Crippen molar-refractivity contribution in [1.82, 2.24) is 15.2 Å². The van der Waals surface area contributed by atoms with Gasteiger partial charge in [-0.3, -0.25) is 9.59 Å². The van der Waals surface area contributed by atoms with Crippen molar-refractivity contribution in [1.29, 1.82) is 0 Å². The normalized spacial score (nSPS) is 16.1. The van der Waals surface area contributed by atoms with Crippen molar-refractivity contribution < 1.29 is 19.1 Å². The van der Waals surface area contributed by atoms with E-state index in [1.54, 1.807) is 25.7 Å². The van der Waals surface area contributed by atoms with Gasteiger partial charge in [0.25, 0.3) is 5.91 Å². The van der Waals surface area contributed by atoms with E-state index in [1.165, 1.54) is 5.56 Å². The number of carbonyl (C=O) groups is 3. The Morgan fingerprint density at radius 2 is 1.94 bits per heavy atom. The predicted octanol–water partition coefficient (Wildman–Crippen LogP) is 3.02. The van der Waals surface area contributed by atoms with Crippen molar-refractivity contribution in [2.45, 2.75) is 40.0 Å². The van der Waals surface area contributed by atoms with Gasteiger partial charge in [0.1, 0.15) is 5.69 Å². The highest BCUT2D eigenvalue weighted by Crippen LogP contribution is 2.23. The Labute approximate surface area is 183 Å². The van der Waals surface area contributed by atoms with Gasteiger partial charge in [0.2, 0.25) is 5.91 Å². The van der Waals surface area contributed by atoms with Crippen LogP contribution in [0.25, 0.3) is 0 Å². The van der Waals surface area contributed by atoms with Crippen LogP contribution in [0.2, 0.25) is 0 Å². The molecular formula is C24H31N3O4. The van der Waals surface area contributed by atoms with E-state index >= 15 is 0 Å². The highest BCUT2D eigenvalue weighted by Gasteiger charge is 2.31. The molecule has 0 radical (unpaired) electrons. The molecular weight excluding hydrogens is 394 g/mol. The van der Waals surface area contributed by atoms with Crippen LogP contribution in [-0.2, 0) is 16.0 Å². The molecule has 1 saturated heterocycles. The fraction of sp³-hybridized carbons (Fsp3) is 0.458.